The third-order valence-corrected chi connectivity index (χ3v) is 4.56. The maximum Gasteiger partial charge on any atom is 0.358 e. The Bertz CT molecular complexity index is 761. The molecule has 126 valence electrons. The molecule has 0 bridgehead atoms. The molecule has 1 amide bonds. The lowest BCUT2D eigenvalue weighted by atomic mass is 10.2. The summed E-state index contributed by atoms with van der Waals surface area (Å²) in [4.78, 5) is 27.8. The van der Waals surface area contributed by atoms with Gasteiger partial charge in [-0.15, -0.1) is 17.9 Å². The summed E-state index contributed by atoms with van der Waals surface area (Å²) in [7, 11) is 0. The number of halogens is 1. The fourth-order valence-electron chi connectivity index (χ4n) is 1.68. The fourth-order valence-corrected chi connectivity index (χ4v) is 2.75. The number of aryl methyl sites for hydroxylation is 1. The molecular formula is C16H16BrN3O3S. The van der Waals surface area contributed by atoms with Gasteiger partial charge in [0.1, 0.15) is 0 Å². The molecule has 1 aromatic heterocycles. The predicted octanol–water partition coefficient (Wildman–Crippen LogP) is 3.61. The highest BCUT2D eigenvalue weighted by Crippen LogP contribution is 2.20. The molecule has 0 aliphatic heterocycles. The van der Waals surface area contributed by atoms with Gasteiger partial charge in [-0.1, -0.05) is 28.1 Å². The number of benzene rings is 1. The second-order valence-electron chi connectivity index (χ2n) is 4.80. The van der Waals surface area contributed by atoms with Gasteiger partial charge in [0.15, 0.2) is 17.4 Å². The topological polar surface area (TPSA) is 80.3 Å². The smallest absolute Gasteiger partial charge is 0.358 e. The second kappa shape index (κ2) is 8.60. The largest absolute Gasteiger partial charge is 0.451 e. The molecule has 0 aliphatic rings. The summed E-state index contributed by atoms with van der Waals surface area (Å²) in [6.45, 7) is 5.71. The van der Waals surface area contributed by atoms with E-state index in [1.807, 2.05) is 13.0 Å². The van der Waals surface area contributed by atoms with Gasteiger partial charge in [0.2, 0.25) is 0 Å². The Labute approximate surface area is 152 Å². The summed E-state index contributed by atoms with van der Waals surface area (Å²) < 4.78 is 5.86. The molecule has 0 unspecified atom stereocenters. The zero-order valence-electron chi connectivity index (χ0n) is 13.0. The normalized spacial score (nSPS) is 10.1. The molecule has 1 heterocycles. The summed E-state index contributed by atoms with van der Waals surface area (Å²) >= 11 is 4.67. The van der Waals surface area contributed by atoms with Crippen LogP contribution >= 0.6 is 27.3 Å². The molecule has 0 saturated carbocycles. The third-order valence-electron chi connectivity index (χ3n) is 2.90. The van der Waals surface area contributed by atoms with Crippen molar-refractivity contribution in [2.45, 2.75) is 6.92 Å². The van der Waals surface area contributed by atoms with Crippen molar-refractivity contribution in [1.82, 2.24) is 4.98 Å². The van der Waals surface area contributed by atoms with Crippen LogP contribution in [0.3, 0.4) is 0 Å². The Balaban J connectivity index is 1.84. The van der Waals surface area contributed by atoms with Crippen LogP contribution in [0, 0.1) is 6.92 Å². The zero-order valence-corrected chi connectivity index (χ0v) is 15.4. The van der Waals surface area contributed by atoms with E-state index in [0.29, 0.717) is 17.4 Å². The number of nitrogens with zero attached hydrogens (tertiary/aromatic N) is 1. The molecule has 2 N–H and O–H groups in total. The van der Waals surface area contributed by atoms with Crippen LogP contribution in [-0.2, 0) is 9.53 Å². The van der Waals surface area contributed by atoms with Gasteiger partial charge in [-0.05, 0) is 24.6 Å². The van der Waals surface area contributed by atoms with E-state index >= 15 is 0 Å². The molecule has 24 heavy (non-hydrogen) atoms. The van der Waals surface area contributed by atoms with E-state index in [9.17, 15) is 9.59 Å². The quantitative estimate of drug-likeness (QED) is 0.539. The molecule has 8 heteroatoms. The van der Waals surface area contributed by atoms with Gasteiger partial charge in [-0.3, -0.25) is 4.79 Å². The van der Waals surface area contributed by atoms with E-state index in [2.05, 4.69) is 38.1 Å². The molecule has 2 aromatic rings. The van der Waals surface area contributed by atoms with Gasteiger partial charge in [0, 0.05) is 22.1 Å². The average molecular weight is 410 g/mol. The van der Waals surface area contributed by atoms with Crippen LogP contribution in [0.2, 0.25) is 0 Å². The lowest BCUT2D eigenvalue weighted by Gasteiger charge is -2.07. The van der Waals surface area contributed by atoms with Crippen molar-refractivity contribution in [3.63, 3.8) is 0 Å². The van der Waals surface area contributed by atoms with Crippen LogP contribution in [-0.4, -0.2) is 30.0 Å². The van der Waals surface area contributed by atoms with E-state index in [1.54, 1.807) is 23.6 Å². The summed E-state index contributed by atoms with van der Waals surface area (Å²) in [5.41, 5.74) is 1.85. The standard InChI is InChI=1S/C16H16BrN3O3S/c1-3-6-18-16-20-13(9-24-16)15(22)23-8-14(21)19-11-5-4-10(2)12(17)7-11/h3-5,7,9H,1,6,8H2,2H3,(H,18,20)(H,19,21). The Kier molecular flexibility index (Phi) is 6.51. The predicted molar refractivity (Wildman–Crippen MR) is 98.6 cm³/mol. The second-order valence-corrected chi connectivity index (χ2v) is 6.51. The summed E-state index contributed by atoms with van der Waals surface area (Å²) in [6, 6.07) is 5.43. The highest BCUT2D eigenvalue weighted by atomic mass is 79.9. The summed E-state index contributed by atoms with van der Waals surface area (Å²) in [5.74, 6) is -1.06. The van der Waals surface area contributed by atoms with Crippen molar-refractivity contribution in [2.75, 3.05) is 23.8 Å². The zero-order chi connectivity index (χ0) is 17.5. The van der Waals surface area contributed by atoms with Crippen molar-refractivity contribution in [2.24, 2.45) is 0 Å². The van der Waals surface area contributed by atoms with Crippen molar-refractivity contribution in [3.8, 4) is 0 Å². The number of carbonyl (C=O) groups excluding carboxylic acids is 2. The Morgan fingerprint density at radius 3 is 2.96 bits per heavy atom. The van der Waals surface area contributed by atoms with Gasteiger partial charge in [-0.25, -0.2) is 9.78 Å². The van der Waals surface area contributed by atoms with E-state index in [1.165, 1.54) is 11.3 Å². The van der Waals surface area contributed by atoms with Crippen molar-refractivity contribution < 1.29 is 14.3 Å². The van der Waals surface area contributed by atoms with Crippen LogP contribution in [0.1, 0.15) is 16.1 Å². The molecule has 0 spiro atoms. The van der Waals surface area contributed by atoms with Crippen LogP contribution < -0.4 is 10.6 Å². The molecule has 0 atom stereocenters. The molecule has 0 aliphatic carbocycles. The van der Waals surface area contributed by atoms with Gasteiger partial charge in [0.05, 0.1) is 0 Å². The monoisotopic (exact) mass is 409 g/mol. The first-order valence-electron chi connectivity index (χ1n) is 7.03. The highest BCUT2D eigenvalue weighted by Gasteiger charge is 2.14. The van der Waals surface area contributed by atoms with Gasteiger partial charge < -0.3 is 15.4 Å². The SMILES string of the molecule is C=CCNc1nc(C(=O)OCC(=O)Nc2ccc(C)c(Br)c2)cs1. The first kappa shape index (κ1) is 18.2. The van der Waals surface area contributed by atoms with Crippen LogP contribution in [0.15, 0.2) is 40.7 Å². The molecule has 2 rings (SSSR count). The number of amides is 1. The first-order chi connectivity index (χ1) is 11.5. The van der Waals surface area contributed by atoms with Crippen molar-refractivity contribution in [1.29, 1.82) is 0 Å². The van der Waals surface area contributed by atoms with E-state index < -0.39 is 11.9 Å². The molecule has 6 nitrogen and oxygen atoms in total. The number of esters is 1. The van der Waals surface area contributed by atoms with Crippen molar-refractivity contribution in [3.05, 3.63) is 52.0 Å². The van der Waals surface area contributed by atoms with Gasteiger partial charge >= 0.3 is 5.97 Å². The summed E-state index contributed by atoms with van der Waals surface area (Å²) in [5, 5.41) is 7.80. The molecule has 1 aromatic carbocycles. The third kappa shape index (κ3) is 5.17. The van der Waals surface area contributed by atoms with Crippen LogP contribution in [0.25, 0.3) is 0 Å². The van der Waals surface area contributed by atoms with Crippen LogP contribution in [0.5, 0.6) is 0 Å². The maximum absolute atomic E-state index is 11.9. The highest BCUT2D eigenvalue weighted by molar-refractivity contribution is 9.10. The number of carbonyl (C=O) groups is 2. The lowest BCUT2D eigenvalue weighted by Crippen LogP contribution is -2.21. The Morgan fingerprint density at radius 2 is 2.25 bits per heavy atom. The average Bonchev–Trinajstić information content (AvgIpc) is 3.03. The number of aromatic nitrogens is 1. The number of rotatable bonds is 7. The molecular weight excluding hydrogens is 394 g/mol. The minimum absolute atomic E-state index is 0.164. The van der Waals surface area contributed by atoms with Gasteiger partial charge in [0.25, 0.3) is 5.91 Å². The minimum atomic E-state index is -0.641. The number of ether oxygens (including phenoxy) is 1. The van der Waals surface area contributed by atoms with Crippen LogP contribution in [0.4, 0.5) is 10.8 Å². The Hall–Kier alpha value is -2.19. The van der Waals surface area contributed by atoms with E-state index in [-0.39, 0.29) is 12.3 Å². The summed E-state index contributed by atoms with van der Waals surface area (Å²) in [6.07, 6.45) is 1.69. The van der Waals surface area contributed by atoms with Crippen molar-refractivity contribution >= 4 is 50.0 Å². The lowest BCUT2D eigenvalue weighted by molar-refractivity contribution is -0.119. The van der Waals surface area contributed by atoms with E-state index in [4.69, 9.17) is 4.74 Å². The minimum Gasteiger partial charge on any atom is -0.451 e. The molecule has 0 fully saturated rings. The van der Waals surface area contributed by atoms with E-state index in [0.717, 1.165) is 10.0 Å². The fraction of sp³-hybridized carbons (Fsp3) is 0.188. The number of hydrogen-bond acceptors (Lipinski definition) is 6. The molecule has 0 radical (unpaired) electrons. The Morgan fingerprint density at radius 1 is 1.46 bits per heavy atom. The number of hydrogen-bond donors (Lipinski definition) is 2. The first-order valence-corrected chi connectivity index (χ1v) is 8.70. The number of thiazole rings is 1. The van der Waals surface area contributed by atoms with Gasteiger partial charge in [-0.2, -0.15) is 0 Å². The maximum atomic E-state index is 11.9. The number of anilines is 2. The number of nitrogens with one attached hydrogen (secondary N) is 2. The molecule has 0 saturated heterocycles.